The maximum atomic E-state index is 4.22. The predicted octanol–water partition coefficient (Wildman–Crippen LogP) is 3.56. The highest BCUT2D eigenvalue weighted by atomic mass is 14.8. The molecular weight excluding hydrogens is 220 g/mol. The van der Waals surface area contributed by atoms with Crippen molar-refractivity contribution in [2.75, 3.05) is 6.54 Å². The van der Waals surface area contributed by atoms with Crippen LogP contribution in [0.1, 0.15) is 24.6 Å². The summed E-state index contributed by atoms with van der Waals surface area (Å²) in [6.07, 6.45) is 3.04. The van der Waals surface area contributed by atoms with Gasteiger partial charge in [-0.1, -0.05) is 31.2 Å². The molecule has 2 nitrogen and oxygen atoms in total. The lowest BCUT2D eigenvalue weighted by Crippen LogP contribution is -2.13. The van der Waals surface area contributed by atoms with E-state index in [-0.39, 0.29) is 0 Å². The number of aryl methyl sites for hydroxylation is 1. The summed E-state index contributed by atoms with van der Waals surface area (Å²) in [5.74, 6) is 0. The van der Waals surface area contributed by atoms with Crippen LogP contribution in [-0.2, 0) is 6.54 Å². The number of nitrogens with one attached hydrogen (secondary N) is 1. The summed E-state index contributed by atoms with van der Waals surface area (Å²) in [5.41, 5.74) is 4.87. The fourth-order valence-corrected chi connectivity index (χ4v) is 1.95. The first kappa shape index (κ1) is 12.8. The fraction of sp³-hybridized carbons (Fsp3) is 0.312. The van der Waals surface area contributed by atoms with Gasteiger partial charge in [0.25, 0.3) is 0 Å². The number of nitrogens with zero attached hydrogens (tertiary/aromatic N) is 1. The van der Waals surface area contributed by atoms with Gasteiger partial charge in [-0.25, -0.2) is 0 Å². The molecule has 0 fully saturated rings. The molecule has 2 heteroatoms. The highest BCUT2D eigenvalue weighted by Crippen LogP contribution is 2.19. The van der Waals surface area contributed by atoms with Crippen molar-refractivity contribution in [2.45, 2.75) is 26.8 Å². The topological polar surface area (TPSA) is 24.9 Å². The van der Waals surface area contributed by atoms with E-state index in [2.05, 4.69) is 53.6 Å². The van der Waals surface area contributed by atoms with Crippen molar-refractivity contribution in [1.29, 1.82) is 0 Å². The third-order valence-corrected chi connectivity index (χ3v) is 2.94. The zero-order chi connectivity index (χ0) is 12.8. The molecular formula is C16H20N2. The van der Waals surface area contributed by atoms with Gasteiger partial charge >= 0.3 is 0 Å². The van der Waals surface area contributed by atoms with Gasteiger partial charge in [0.2, 0.25) is 0 Å². The number of pyridine rings is 1. The van der Waals surface area contributed by atoms with Crippen LogP contribution in [0.4, 0.5) is 0 Å². The third-order valence-electron chi connectivity index (χ3n) is 2.94. The minimum Gasteiger partial charge on any atom is -0.313 e. The molecule has 0 saturated heterocycles. The maximum absolute atomic E-state index is 4.22. The molecule has 0 aliphatic heterocycles. The molecule has 1 aromatic heterocycles. The summed E-state index contributed by atoms with van der Waals surface area (Å²) in [5, 5.41) is 3.41. The Morgan fingerprint density at radius 2 is 1.83 bits per heavy atom. The molecule has 1 aromatic carbocycles. The van der Waals surface area contributed by atoms with E-state index >= 15 is 0 Å². The first-order chi connectivity index (χ1) is 8.79. The Hall–Kier alpha value is -1.67. The number of hydrogen-bond donors (Lipinski definition) is 1. The lowest BCUT2D eigenvalue weighted by atomic mass is 10.0. The molecule has 2 rings (SSSR count). The molecule has 2 aromatic rings. The molecule has 1 heterocycles. The average molecular weight is 240 g/mol. The number of hydrogen-bond acceptors (Lipinski definition) is 2. The third kappa shape index (κ3) is 3.41. The van der Waals surface area contributed by atoms with Crippen molar-refractivity contribution in [3.8, 4) is 11.1 Å². The average Bonchev–Trinajstić information content (AvgIpc) is 2.40. The number of benzene rings is 1. The maximum Gasteiger partial charge on any atom is 0.0378 e. The van der Waals surface area contributed by atoms with Crippen LogP contribution in [0.5, 0.6) is 0 Å². The van der Waals surface area contributed by atoms with Gasteiger partial charge in [-0.2, -0.15) is 0 Å². The van der Waals surface area contributed by atoms with Gasteiger partial charge in [-0.3, -0.25) is 4.98 Å². The highest BCUT2D eigenvalue weighted by molar-refractivity contribution is 5.63. The van der Waals surface area contributed by atoms with Crippen LogP contribution >= 0.6 is 0 Å². The summed E-state index contributed by atoms with van der Waals surface area (Å²) in [4.78, 5) is 4.22. The summed E-state index contributed by atoms with van der Waals surface area (Å²) in [7, 11) is 0. The van der Waals surface area contributed by atoms with Crippen LogP contribution in [-0.4, -0.2) is 11.5 Å². The van der Waals surface area contributed by atoms with Crippen LogP contribution < -0.4 is 5.32 Å². The molecule has 0 radical (unpaired) electrons. The molecule has 0 saturated carbocycles. The first-order valence-corrected chi connectivity index (χ1v) is 6.52. The molecule has 0 bridgehead atoms. The fourth-order valence-electron chi connectivity index (χ4n) is 1.95. The highest BCUT2D eigenvalue weighted by Gasteiger charge is 1.98. The van der Waals surface area contributed by atoms with Crippen LogP contribution in [0.2, 0.25) is 0 Å². The monoisotopic (exact) mass is 240 g/mol. The van der Waals surface area contributed by atoms with Gasteiger partial charge in [0, 0.05) is 18.4 Å². The van der Waals surface area contributed by atoms with Gasteiger partial charge in [-0.15, -0.1) is 0 Å². The second-order valence-electron chi connectivity index (χ2n) is 4.56. The van der Waals surface area contributed by atoms with Gasteiger partial charge in [-0.05, 0) is 48.7 Å². The molecule has 0 aliphatic rings. The summed E-state index contributed by atoms with van der Waals surface area (Å²) in [6, 6.07) is 12.9. The van der Waals surface area contributed by atoms with Gasteiger partial charge in [0.15, 0.2) is 0 Å². The minimum atomic E-state index is 0.948. The van der Waals surface area contributed by atoms with Crippen molar-refractivity contribution < 1.29 is 0 Å². The quantitative estimate of drug-likeness (QED) is 0.808. The zero-order valence-corrected chi connectivity index (χ0v) is 11.1. The van der Waals surface area contributed by atoms with E-state index in [0.717, 1.165) is 18.8 Å². The van der Waals surface area contributed by atoms with Crippen molar-refractivity contribution in [2.24, 2.45) is 0 Å². The van der Waals surface area contributed by atoms with Crippen molar-refractivity contribution in [1.82, 2.24) is 10.3 Å². The molecule has 0 unspecified atom stereocenters. The van der Waals surface area contributed by atoms with E-state index in [4.69, 9.17) is 0 Å². The molecule has 1 N–H and O–H groups in total. The van der Waals surface area contributed by atoms with E-state index in [1.807, 2.05) is 13.1 Å². The van der Waals surface area contributed by atoms with Gasteiger partial charge in [0.05, 0.1) is 0 Å². The Bertz CT molecular complexity index is 489. The van der Waals surface area contributed by atoms with Crippen LogP contribution in [0, 0.1) is 6.92 Å². The molecule has 0 amide bonds. The zero-order valence-electron chi connectivity index (χ0n) is 11.1. The molecule has 0 atom stereocenters. The number of aromatic nitrogens is 1. The normalized spacial score (nSPS) is 10.6. The summed E-state index contributed by atoms with van der Waals surface area (Å²) < 4.78 is 0. The van der Waals surface area contributed by atoms with Crippen LogP contribution in [0.3, 0.4) is 0 Å². The SMILES string of the molecule is CCCNCc1ccc(-c2ccnc(C)c2)cc1. The Morgan fingerprint density at radius 1 is 1.06 bits per heavy atom. The lowest BCUT2D eigenvalue weighted by Gasteiger charge is -2.06. The predicted molar refractivity (Wildman–Crippen MR) is 76.4 cm³/mol. The number of rotatable bonds is 5. The van der Waals surface area contributed by atoms with E-state index in [9.17, 15) is 0 Å². The Morgan fingerprint density at radius 3 is 2.50 bits per heavy atom. The Labute approximate surface area is 109 Å². The summed E-state index contributed by atoms with van der Waals surface area (Å²) >= 11 is 0. The Kier molecular flexibility index (Phi) is 4.48. The second kappa shape index (κ2) is 6.31. The van der Waals surface area contributed by atoms with E-state index in [1.54, 1.807) is 0 Å². The van der Waals surface area contributed by atoms with Crippen LogP contribution in [0.25, 0.3) is 11.1 Å². The first-order valence-electron chi connectivity index (χ1n) is 6.52. The van der Waals surface area contributed by atoms with Crippen LogP contribution in [0.15, 0.2) is 42.6 Å². The molecule has 94 valence electrons. The van der Waals surface area contributed by atoms with Crippen molar-refractivity contribution in [3.05, 3.63) is 53.9 Å². The minimum absolute atomic E-state index is 0.948. The smallest absolute Gasteiger partial charge is 0.0378 e. The largest absolute Gasteiger partial charge is 0.313 e. The van der Waals surface area contributed by atoms with Crippen molar-refractivity contribution in [3.63, 3.8) is 0 Å². The molecule has 0 aliphatic carbocycles. The van der Waals surface area contributed by atoms with E-state index < -0.39 is 0 Å². The molecule has 18 heavy (non-hydrogen) atoms. The Balaban J connectivity index is 2.07. The second-order valence-corrected chi connectivity index (χ2v) is 4.56. The van der Waals surface area contributed by atoms with Gasteiger partial charge in [0.1, 0.15) is 0 Å². The molecule has 0 spiro atoms. The van der Waals surface area contributed by atoms with Crippen molar-refractivity contribution >= 4 is 0 Å². The van der Waals surface area contributed by atoms with E-state index in [0.29, 0.717) is 0 Å². The van der Waals surface area contributed by atoms with E-state index in [1.165, 1.54) is 23.1 Å². The van der Waals surface area contributed by atoms with Gasteiger partial charge < -0.3 is 5.32 Å². The summed E-state index contributed by atoms with van der Waals surface area (Å²) in [6.45, 7) is 6.23. The standard InChI is InChI=1S/C16H20N2/c1-3-9-17-12-14-4-6-15(7-5-14)16-8-10-18-13(2)11-16/h4-8,10-11,17H,3,9,12H2,1-2H3. The lowest BCUT2D eigenvalue weighted by molar-refractivity contribution is 0.675.